The number of halogens is 5. The lowest BCUT2D eigenvalue weighted by molar-refractivity contribution is -0.137. The summed E-state index contributed by atoms with van der Waals surface area (Å²) in [6.07, 6.45) is -0.680. The van der Waals surface area contributed by atoms with Crippen LogP contribution in [-0.2, 0) is 30.9 Å². The number of amides is 1. The molecule has 1 unspecified atom stereocenters. The van der Waals surface area contributed by atoms with E-state index >= 15 is 0 Å². The van der Waals surface area contributed by atoms with Crippen molar-refractivity contribution in [3.8, 4) is 0 Å². The SMILES string of the molecule is Cc1cc(C(F)(F)F)cc2c1cc(Cc1c(Cl)ccc(CCC(CCNC=O)C(C)C)c1Cl)n2C. The number of hydrogen-bond donors (Lipinski definition) is 1. The molecule has 0 aliphatic rings. The van der Waals surface area contributed by atoms with Crippen molar-refractivity contribution in [2.24, 2.45) is 18.9 Å². The molecule has 0 saturated heterocycles. The van der Waals surface area contributed by atoms with E-state index in [-0.39, 0.29) is 0 Å². The van der Waals surface area contributed by atoms with E-state index in [9.17, 15) is 18.0 Å². The fourth-order valence-corrected chi connectivity index (χ4v) is 5.26. The number of nitrogens with zero attached hydrogens (tertiary/aromatic N) is 1. The summed E-state index contributed by atoms with van der Waals surface area (Å²) in [6, 6.07) is 8.07. The summed E-state index contributed by atoms with van der Waals surface area (Å²) in [5, 5.41) is 4.65. The normalized spacial score (nSPS) is 13.0. The zero-order valence-corrected chi connectivity index (χ0v) is 21.9. The fraction of sp³-hybridized carbons (Fsp3) is 0.444. The molecule has 1 aromatic heterocycles. The average molecular weight is 527 g/mol. The molecule has 1 amide bonds. The molecule has 0 aliphatic heterocycles. The fourth-order valence-electron chi connectivity index (χ4n) is 4.66. The number of carbonyl (C=O) groups excluding carboxylic acids is 1. The van der Waals surface area contributed by atoms with E-state index in [0.29, 0.717) is 45.9 Å². The van der Waals surface area contributed by atoms with Gasteiger partial charge in [0, 0.05) is 46.7 Å². The molecule has 1 N–H and O–H groups in total. The number of alkyl halides is 3. The number of carbonyl (C=O) groups is 1. The van der Waals surface area contributed by atoms with Gasteiger partial charge in [0.25, 0.3) is 0 Å². The highest BCUT2D eigenvalue weighted by molar-refractivity contribution is 6.36. The molecule has 0 spiro atoms. The number of nitrogens with one attached hydrogen (secondary N) is 1. The molecule has 0 saturated carbocycles. The van der Waals surface area contributed by atoms with Gasteiger partial charge in [-0.1, -0.05) is 43.1 Å². The lowest BCUT2D eigenvalue weighted by Gasteiger charge is -2.21. The number of rotatable bonds is 10. The van der Waals surface area contributed by atoms with Crippen LogP contribution in [0.25, 0.3) is 10.9 Å². The van der Waals surface area contributed by atoms with E-state index in [4.69, 9.17) is 23.2 Å². The van der Waals surface area contributed by atoms with Crippen LogP contribution in [0.3, 0.4) is 0 Å². The molecule has 3 rings (SSSR count). The third kappa shape index (κ3) is 6.34. The Balaban J connectivity index is 1.88. The first kappa shape index (κ1) is 27.4. The van der Waals surface area contributed by atoms with Gasteiger partial charge in [-0.15, -0.1) is 0 Å². The molecule has 1 atom stereocenters. The third-order valence-corrected chi connectivity index (χ3v) is 7.71. The molecule has 8 heteroatoms. The second-order valence-electron chi connectivity index (χ2n) is 9.50. The molecule has 3 aromatic rings. The van der Waals surface area contributed by atoms with Crippen LogP contribution in [0.4, 0.5) is 13.2 Å². The predicted octanol–water partition coefficient (Wildman–Crippen LogP) is 7.74. The minimum atomic E-state index is -4.40. The maximum Gasteiger partial charge on any atom is 0.416 e. The summed E-state index contributed by atoms with van der Waals surface area (Å²) in [7, 11) is 1.77. The summed E-state index contributed by atoms with van der Waals surface area (Å²) in [5.41, 5.74) is 3.05. The van der Waals surface area contributed by atoms with Gasteiger partial charge in [0.15, 0.2) is 0 Å². The highest BCUT2D eigenvalue weighted by atomic mass is 35.5. The first-order valence-corrected chi connectivity index (χ1v) is 12.5. The molecule has 190 valence electrons. The molecule has 2 aromatic carbocycles. The Labute approximate surface area is 214 Å². The van der Waals surface area contributed by atoms with Gasteiger partial charge >= 0.3 is 6.18 Å². The van der Waals surface area contributed by atoms with Crippen LogP contribution in [0.5, 0.6) is 0 Å². The molecule has 0 radical (unpaired) electrons. The minimum absolute atomic E-state index is 0.411. The van der Waals surface area contributed by atoms with E-state index in [1.54, 1.807) is 18.5 Å². The minimum Gasteiger partial charge on any atom is -0.359 e. The van der Waals surface area contributed by atoms with Crippen LogP contribution < -0.4 is 5.32 Å². The second kappa shape index (κ2) is 11.3. The standard InChI is InChI=1S/C27H31Cl2F3N2O/c1-16(2)18(9-10-33-15-35)5-6-19-7-8-24(28)23(26(19)29)14-21-13-22-17(3)11-20(27(30,31)32)12-25(22)34(21)4/h7-8,11-13,15-16,18H,5-6,9-10,14H2,1-4H3,(H,33,35). The molecule has 1 heterocycles. The topological polar surface area (TPSA) is 34.0 Å². The van der Waals surface area contributed by atoms with Gasteiger partial charge < -0.3 is 9.88 Å². The van der Waals surface area contributed by atoms with Crippen LogP contribution in [0.1, 0.15) is 54.6 Å². The zero-order chi connectivity index (χ0) is 25.9. The molecule has 35 heavy (non-hydrogen) atoms. The van der Waals surface area contributed by atoms with E-state index in [0.717, 1.165) is 47.9 Å². The van der Waals surface area contributed by atoms with Gasteiger partial charge in [-0.25, -0.2) is 0 Å². The summed E-state index contributed by atoms with van der Waals surface area (Å²) in [6.45, 7) is 6.68. The van der Waals surface area contributed by atoms with Gasteiger partial charge in [0.05, 0.1) is 5.56 Å². The maximum absolute atomic E-state index is 13.3. The van der Waals surface area contributed by atoms with Crippen molar-refractivity contribution in [2.75, 3.05) is 6.54 Å². The van der Waals surface area contributed by atoms with E-state index in [1.165, 1.54) is 12.1 Å². The first-order chi connectivity index (χ1) is 16.4. The van der Waals surface area contributed by atoms with E-state index < -0.39 is 11.7 Å². The number of aryl methyl sites for hydroxylation is 3. The van der Waals surface area contributed by atoms with Crippen LogP contribution >= 0.6 is 23.2 Å². The molecular weight excluding hydrogens is 496 g/mol. The average Bonchev–Trinajstić information content (AvgIpc) is 3.10. The first-order valence-electron chi connectivity index (χ1n) is 11.7. The van der Waals surface area contributed by atoms with E-state index in [1.807, 2.05) is 18.2 Å². The van der Waals surface area contributed by atoms with Gasteiger partial charge in [0.1, 0.15) is 0 Å². The van der Waals surface area contributed by atoms with Crippen molar-refractivity contribution in [1.29, 1.82) is 0 Å². The van der Waals surface area contributed by atoms with Gasteiger partial charge in [-0.05, 0) is 79.0 Å². The molecule has 0 fully saturated rings. The quantitative estimate of drug-likeness (QED) is 0.212. The van der Waals surface area contributed by atoms with Crippen LogP contribution in [0.15, 0.2) is 30.3 Å². The van der Waals surface area contributed by atoms with Crippen molar-refractivity contribution in [1.82, 2.24) is 9.88 Å². The maximum atomic E-state index is 13.3. The van der Waals surface area contributed by atoms with Crippen molar-refractivity contribution >= 4 is 40.5 Å². The Bertz CT molecular complexity index is 1200. The second-order valence-corrected chi connectivity index (χ2v) is 10.3. The van der Waals surface area contributed by atoms with Crippen LogP contribution in [-0.4, -0.2) is 17.5 Å². The summed E-state index contributed by atoms with van der Waals surface area (Å²) in [5.74, 6) is 0.899. The molecular formula is C27H31Cl2F3N2O. The van der Waals surface area contributed by atoms with Crippen molar-refractivity contribution in [2.45, 2.75) is 52.6 Å². The predicted molar refractivity (Wildman–Crippen MR) is 137 cm³/mol. The van der Waals surface area contributed by atoms with Crippen LogP contribution in [0, 0.1) is 18.8 Å². The van der Waals surface area contributed by atoms with Crippen LogP contribution in [0.2, 0.25) is 10.0 Å². The van der Waals surface area contributed by atoms with Crippen molar-refractivity contribution < 1.29 is 18.0 Å². The monoisotopic (exact) mass is 526 g/mol. The Morgan fingerprint density at radius 1 is 1.11 bits per heavy atom. The highest BCUT2D eigenvalue weighted by Crippen LogP contribution is 2.36. The van der Waals surface area contributed by atoms with Crippen molar-refractivity contribution in [3.63, 3.8) is 0 Å². The Hall–Kier alpha value is -2.18. The Kier molecular flexibility index (Phi) is 8.81. The Morgan fingerprint density at radius 2 is 1.83 bits per heavy atom. The molecule has 3 nitrogen and oxygen atoms in total. The summed E-state index contributed by atoms with van der Waals surface area (Å²) in [4.78, 5) is 10.6. The van der Waals surface area contributed by atoms with Gasteiger partial charge in [-0.3, -0.25) is 4.79 Å². The lowest BCUT2D eigenvalue weighted by Crippen LogP contribution is -2.19. The highest BCUT2D eigenvalue weighted by Gasteiger charge is 2.31. The zero-order valence-electron chi connectivity index (χ0n) is 20.4. The lowest BCUT2D eigenvalue weighted by atomic mass is 9.86. The smallest absolute Gasteiger partial charge is 0.359 e. The third-order valence-electron chi connectivity index (χ3n) is 6.89. The van der Waals surface area contributed by atoms with Gasteiger partial charge in [0.2, 0.25) is 6.41 Å². The van der Waals surface area contributed by atoms with Gasteiger partial charge in [-0.2, -0.15) is 13.2 Å². The summed E-state index contributed by atoms with van der Waals surface area (Å²) >= 11 is 13.4. The number of benzene rings is 2. The molecule has 0 aliphatic carbocycles. The number of fused-ring (bicyclic) bond motifs is 1. The Morgan fingerprint density at radius 3 is 2.46 bits per heavy atom. The summed E-state index contributed by atoms with van der Waals surface area (Å²) < 4.78 is 41.8. The van der Waals surface area contributed by atoms with Crippen molar-refractivity contribution in [3.05, 3.63) is 68.3 Å². The van der Waals surface area contributed by atoms with E-state index in [2.05, 4.69) is 19.2 Å². The largest absolute Gasteiger partial charge is 0.416 e. The molecule has 0 bridgehead atoms. The number of hydrogen-bond acceptors (Lipinski definition) is 1. The number of aromatic nitrogens is 1.